The fraction of sp³-hybridized carbons (Fsp3) is 0.316. The highest BCUT2D eigenvalue weighted by molar-refractivity contribution is 7.89. The van der Waals surface area contributed by atoms with Gasteiger partial charge in [0.1, 0.15) is 0 Å². The van der Waals surface area contributed by atoms with Crippen molar-refractivity contribution in [2.45, 2.75) is 31.0 Å². The van der Waals surface area contributed by atoms with Gasteiger partial charge in [-0.1, -0.05) is 36.4 Å². The Morgan fingerprint density at radius 1 is 1.07 bits per heavy atom. The van der Waals surface area contributed by atoms with Gasteiger partial charge in [-0.25, -0.2) is 8.42 Å². The van der Waals surface area contributed by atoms with Crippen LogP contribution >= 0.6 is 0 Å². The highest BCUT2D eigenvalue weighted by atomic mass is 32.2. The van der Waals surface area contributed by atoms with E-state index in [1.165, 1.54) is 0 Å². The number of sulfonamides is 1. The Morgan fingerprint density at radius 2 is 1.75 bits per heavy atom. The lowest BCUT2D eigenvalue weighted by Gasteiger charge is -2.22. The molecular formula is C19H20F3NO4S. The van der Waals surface area contributed by atoms with Crippen molar-refractivity contribution in [2.75, 3.05) is 13.2 Å². The van der Waals surface area contributed by atoms with Gasteiger partial charge in [-0.2, -0.15) is 17.5 Å². The minimum atomic E-state index is -4.67. The molecule has 0 aliphatic rings. The van der Waals surface area contributed by atoms with Crippen LogP contribution in [0.15, 0.2) is 59.5 Å². The third-order valence-corrected chi connectivity index (χ3v) is 5.71. The Bertz CT molecular complexity index is 899. The first-order valence-corrected chi connectivity index (χ1v) is 9.95. The van der Waals surface area contributed by atoms with E-state index >= 15 is 0 Å². The lowest BCUT2D eigenvalue weighted by molar-refractivity contribution is -0.143. The summed E-state index contributed by atoms with van der Waals surface area (Å²) in [5, 5.41) is 0. The summed E-state index contributed by atoms with van der Waals surface area (Å²) in [5.74, 6) is -0.584. The van der Waals surface area contributed by atoms with Crippen LogP contribution < -0.4 is 0 Å². The average Bonchev–Trinajstić information content (AvgIpc) is 2.65. The second-order valence-electron chi connectivity index (χ2n) is 5.90. The van der Waals surface area contributed by atoms with Crippen molar-refractivity contribution in [2.24, 2.45) is 0 Å². The second-order valence-corrected chi connectivity index (χ2v) is 7.84. The largest absolute Gasteiger partial charge is 0.466 e. The number of halogens is 3. The van der Waals surface area contributed by atoms with Gasteiger partial charge in [0.05, 0.1) is 23.5 Å². The first-order chi connectivity index (χ1) is 13.1. The highest BCUT2D eigenvalue weighted by Gasteiger charge is 2.33. The number of carbonyl (C=O) groups is 1. The molecule has 0 heterocycles. The zero-order valence-corrected chi connectivity index (χ0v) is 16.0. The molecule has 2 aromatic rings. The second kappa shape index (κ2) is 9.20. The van der Waals surface area contributed by atoms with Crippen LogP contribution in [-0.2, 0) is 32.3 Å². The van der Waals surface area contributed by atoms with Gasteiger partial charge in [-0.05, 0) is 30.7 Å². The van der Waals surface area contributed by atoms with E-state index in [4.69, 9.17) is 4.74 Å². The van der Waals surface area contributed by atoms with Crippen LogP contribution in [-0.4, -0.2) is 31.8 Å². The van der Waals surface area contributed by atoms with Crippen LogP contribution in [0, 0.1) is 0 Å². The van der Waals surface area contributed by atoms with Crippen LogP contribution in [0.2, 0.25) is 0 Å². The maximum atomic E-state index is 13.0. The van der Waals surface area contributed by atoms with Crippen molar-refractivity contribution in [3.05, 3.63) is 65.7 Å². The SMILES string of the molecule is CCOC(=O)CCN(Cc1ccccc1)S(=O)(=O)c1cccc(C(F)(F)F)c1. The van der Waals surface area contributed by atoms with E-state index in [-0.39, 0.29) is 26.1 Å². The molecule has 0 unspecified atom stereocenters. The number of hydrogen-bond donors (Lipinski definition) is 0. The molecule has 28 heavy (non-hydrogen) atoms. The molecule has 0 aromatic heterocycles. The number of hydrogen-bond acceptors (Lipinski definition) is 4. The highest BCUT2D eigenvalue weighted by Crippen LogP contribution is 2.31. The van der Waals surface area contributed by atoms with Crippen molar-refractivity contribution < 1.29 is 31.1 Å². The summed E-state index contributed by atoms with van der Waals surface area (Å²) >= 11 is 0. The van der Waals surface area contributed by atoms with E-state index < -0.39 is 32.6 Å². The van der Waals surface area contributed by atoms with Crippen molar-refractivity contribution in [3.63, 3.8) is 0 Å². The normalized spacial score (nSPS) is 12.2. The molecule has 152 valence electrons. The smallest absolute Gasteiger partial charge is 0.416 e. The van der Waals surface area contributed by atoms with Crippen molar-refractivity contribution >= 4 is 16.0 Å². The molecule has 2 aromatic carbocycles. The number of benzene rings is 2. The zero-order chi connectivity index (χ0) is 20.8. The number of ether oxygens (including phenoxy) is 1. The maximum absolute atomic E-state index is 13.0. The molecule has 0 saturated heterocycles. The van der Waals surface area contributed by atoms with Crippen molar-refractivity contribution in [3.8, 4) is 0 Å². The fourth-order valence-electron chi connectivity index (χ4n) is 2.50. The summed E-state index contributed by atoms with van der Waals surface area (Å²) in [6.07, 6.45) is -4.88. The molecule has 0 bridgehead atoms. The van der Waals surface area contributed by atoms with Gasteiger partial charge < -0.3 is 4.74 Å². The van der Waals surface area contributed by atoms with Gasteiger partial charge in [-0.15, -0.1) is 0 Å². The molecule has 0 fully saturated rings. The molecular weight excluding hydrogens is 395 g/mol. The van der Waals surface area contributed by atoms with Crippen LogP contribution in [0.25, 0.3) is 0 Å². The number of alkyl halides is 3. The third kappa shape index (κ3) is 5.80. The van der Waals surface area contributed by atoms with E-state index in [9.17, 15) is 26.4 Å². The zero-order valence-electron chi connectivity index (χ0n) is 15.1. The van der Waals surface area contributed by atoms with Gasteiger partial charge in [0, 0.05) is 13.1 Å². The Morgan fingerprint density at radius 3 is 2.36 bits per heavy atom. The third-order valence-electron chi connectivity index (χ3n) is 3.87. The van der Waals surface area contributed by atoms with E-state index in [1.807, 2.05) is 0 Å². The molecule has 2 rings (SSSR count). The minimum absolute atomic E-state index is 0.0845. The lowest BCUT2D eigenvalue weighted by atomic mass is 10.2. The van der Waals surface area contributed by atoms with Gasteiger partial charge in [0.25, 0.3) is 0 Å². The predicted octanol–water partition coefficient (Wildman–Crippen LogP) is 3.85. The summed E-state index contributed by atoms with van der Waals surface area (Å²) in [4.78, 5) is 11.2. The first kappa shape index (κ1) is 21.9. The minimum Gasteiger partial charge on any atom is -0.466 e. The van der Waals surface area contributed by atoms with E-state index in [0.29, 0.717) is 11.6 Å². The van der Waals surface area contributed by atoms with Gasteiger partial charge in [0.2, 0.25) is 10.0 Å². The van der Waals surface area contributed by atoms with E-state index in [0.717, 1.165) is 22.5 Å². The molecule has 0 radical (unpaired) electrons. The standard InChI is InChI=1S/C19H20F3NO4S/c1-2-27-18(24)11-12-23(14-15-7-4-3-5-8-15)28(25,26)17-10-6-9-16(13-17)19(20,21)22/h3-10,13H,2,11-12,14H2,1H3. The van der Waals surface area contributed by atoms with Crippen molar-refractivity contribution in [1.29, 1.82) is 0 Å². The molecule has 0 spiro atoms. The molecule has 5 nitrogen and oxygen atoms in total. The Hall–Kier alpha value is -2.39. The quantitative estimate of drug-likeness (QED) is 0.615. The monoisotopic (exact) mass is 415 g/mol. The number of nitrogens with zero attached hydrogens (tertiary/aromatic N) is 1. The Kier molecular flexibility index (Phi) is 7.20. The predicted molar refractivity (Wildman–Crippen MR) is 96.7 cm³/mol. The van der Waals surface area contributed by atoms with Crippen LogP contribution in [0.3, 0.4) is 0 Å². The van der Waals surface area contributed by atoms with Crippen LogP contribution in [0.1, 0.15) is 24.5 Å². The lowest BCUT2D eigenvalue weighted by Crippen LogP contribution is -2.33. The Balaban J connectivity index is 2.35. The Labute approximate surface area is 161 Å². The molecule has 0 saturated carbocycles. The summed E-state index contributed by atoms with van der Waals surface area (Å²) in [7, 11) is -4.27. The van der Waals surface area contributed by atoms with Crippen molar-refractivity contribution in [1.82, 2.24) is 4.31 Å². The molecule has 9 heteroatoms. The number of rotatable bonds is 8. The maximum Gasteiger partial charge on any atom is 0.416 e. The average molecular weight is 415 g/mol. The fourth-order valence-corrected chi connectivity index (χ4v) is 3.98. The number of esters is 1. The van der Waals surface area contributed by atoms with Crippen LogP contribution in [0.5, 0.6) is 0 Å². The summed E-state index contributed by atoms with van der Waals surface area (Å²) < 4.78 is 70.7. The van der Waals surface area contributed by atoms with Crippen LogP contribution in [0.4, 0.5) is 13.2 Å². The molecule has 0 aliphatic heterocycles. The molecule has 0 atom stereocenters. The number of carbonyl (C=O) groups excluding carboxylic acids is 1. The molecule has 0 aliphatic carbocycles. The molecule has 0 amide bonds. The first-order valence-electron chi connectivity index (χ1n) is 8.51. The topological polar surface area (TPSA) is 63.7 Å². The summed E-state index contributed by atoms with van der Waals surface area (Å²) in [6.45, 7) is 1.47. The van der Waals surface area contributed by atoms with E-state index in [2.05, 4.69) is 0 Å². The van der Waals surface area contributed by atoms with Gasteiger partial charge in [0.15, 0.2) is 0 Å². The van der Waals surface area contributed by atoms with Gasteiger partial charge >= 0.3 is 12.1 Å². The van der Waals surface area contributed by atoms with Gasteiger partial charge in [-0.3, -0.25) is 4.79 Å². The summed E-state index contributed by atoms with van der Waals surface area (Å²) in [6, 6.07) is 12.1. The van der Waals surface area contributed by atoms with E-state index in [1.54, 1.807) is 37.3 Å². The molecule has 0 N–H and O–H groups in total. The summed E-state index contributed by atoms with van der Waals surface area (Å²) in [5.41, 5.74) is -0.416.